The summed E-state index contributed by atoms with van der Waals surface area (Å²) in [5.41, 5.74) is 0. The van der Waals surface area contributed by atoms with Crippen LogP contribution in [0, 0.1) is 5.92 Å². The molecule has 2 rings (SSSR count). The van der Waals surface area contributed by atoms with Crippen LogP contribution in [0.5, 0.6) is 5.75 Å². The van der Waals surface area contributed by atoms with Gasteiger partial charge in [-0.3, -0.25) is 4.79 Å². The Kier molecular flexibility index (Phi) is 7.75. The summed E-state index contributed by atoms with van der Waals surface area (Å²) in [4.78, 5) is 13.4. The van der Waals surface area contributed by atoms with E-state index in [-0.39, 0.29) is 11.8 Å². The number of benzene rings is 1. The van der Waals surface area contributed by atoms with Crippen molar-refractivity contribution in [1.29, 1.82) is 0 Å². The maximum atomic E-state index is 12.3. The third-order valence-electron chi connectivity index (χ3n) is 4.34. The SMILES string of the molecule is COc1ccc(SCCNC(=O)C2CCN(S(=O)(=O)N(C)C)CC2)cc1. The van der Waals surface area contributed by atoms with Crippen molar-refractivity contribution in [3.63, 3.8) is 0 Å². The molecule has 26 heavy (non-hydrogen) atoms. The summed E-state index contributed by atoms with van der Waals surface area (Å²) in [5.74, 6) is 1.51. The molecule has 0 radical (unpaired) electrons. The van der Waals surface area contributed by atoms with Crippen molar-refractivity contribution in [1.82, 2.24) is 13.9 Å². The van der Waals surface area contributed by atoms with Gasteiger partial charge in [0, 0.05) is 50.3 Å². The van der Waals surface area contributed by atoms with Crippen molar-refractivity contribution in [2.75, 3.05) is 46.6 Å². The highest BCUT2D eigenvalue weighted by Crippen LogP contribution is 2.22. The van der Waals surface area contributed by atoms with Crippen molar-refractivity contribution in [2.24, 2.45) is 5.92 Å². The third kappa shape index (κ3) is 5.60. The van der Waals surface area contributed by atoms with Gasteiger partial charge in [0.05, 0.1) is 7.11 Å². The number of methoxy groups -OCH3 is 1. The highest BCUT2D eigenvalue weighted by Gasteiger charge is 2.31. The summed E-state index contributed by atoms with van der Waals surface area (Å²) in [7, 11) is 1.30. The molecular weight excluding hydrogens is 374 g/mol. The minimum atomic E-state index is -3.38. The topological polar surface area (TPSA) is 79.0 Å². The zero-order valence-corrected chi connectivity index (χ0v) is 17.1. The number of thioether (sulfide) groups is 1. The Bertz CT molecular complexity index is 684. The molecule has 1 heterocycles. The molecule has 146 valence electrons. The molecule has 0 unspecified atom stereocenters. The van der Waals surface area contributed by atoms with Crippen LogP contribution < -0.4 is 10.1 Å². The lowest BCUT2D eigenvalue weighted by Crippen LogP contribution is -2.47. The molecule has 1 saturated heterocycles. The molecule has 1 aromatic rings. The summed E-state index contributed by atoms with van der Waals surface area (Å²) in [6, 6.07) is 7.81. The number of rotatable bonds is 8. The summed E-state index contributed by atoms with van der Waals surface area (Å²) >= 11 is 1.67. The van der Waals surface area contributed by atoms with Gasteiger partial charge in [-0.2, -0.15) is 17.0 Å². The molecule has 1 aromatic carbocycles. The van der Waals surface area contributed by atoms with Crippen LogP contribution in [0.2, 0.25) is 0 Å². The van der Waals surface area contributed by atoms with Gasteiger partial charge < -0.3 is 10.1 Å². The second kappa shape index (κ2) is 9.59. The average Bonchev–Trinajstić information content (AvgIpc) is 2.65. The predicted molar refractivity (Wildman–Crippen MR) is 104 cm³/mol. The minimum Gasteiger partial charge on any atom is -0.497 e. The monoisotopic (exact) mass is 401 g/mol. The summed E-state index contributed by atoms with van der Waals surface area (Å²) in [5, 5.41) is 2.96. The lowest BCUT2D eigenvalue weighted by Gasteiger charge is -2.32. The van der Waals surface area contributed by atoms with Gasteiger partial charge in [-0.1, -0.05) is 0 Å². The molecule has 1 aliphatic heterocycles. The molecule has 0 atom stereocenters. The molecule has 1 amide bonds. The molecule has 0 aliphatic carbocycles. The first-order valence-corrected chi connectivity index (χ1v) is 10.9. The first-order valence-electron chi connectivity index (χ1n) is 8.56. The highest BCUT2D eigenvalue weighted by molar-refractivity contribution is 7.99. The largest absolute Gasteiger partial charge is 0.497 e. The van der Waals surface area contributed by atoms with Crippen molar-refractivity contribution < 1.29 is 17.9 Å². The number of hydrogen-bond donors (Lipinski definition) is 1. The zero-order chi connectivity index (χ0) is 19.2. The van der Waals surface area contributed by atoms with E-state index in [1.54, 1.807) is 18.9 Å². The van der Waals surface area contributed by atoms with Gasteiger partial charge in [0.1, 0.15) is 5.75 Å². The van der Waals surface area contributed by atoms with Crippen LogP contribution in [-0.4, -0.2) is 69.5 Å². The second-order valence-electron chi connectivity index (χ2n) is 6.28. The van der Waals surface area contributed by atoms with Crippen LogP contribution in [0.15, 0.2) is 29.2 Å². The normalized spacial score (nSPS) is 16.6. The zero-order valence-electron chi connectivity index (χ0n) is 15.5. The number of nitrogens with one attached hydrogen (secondary N) is 1. The van der Waals surface area contributed by atoms with Crippen LogP contribution in [0.1, 0.15) is 12.8 Å². The Morgan fingerprint density at radius 3 is 2.42 bits per heavy atom. The fraction of sp³-hybridized carbons (Fsp3) is 0.588. The molecule has 0 spiro atoms. The Morgan fingerprint density at radius 1 is 1.27 bits per heavy atom. The van der Waals surface area contributed by atoms with Crippen molar-refractivity contribution in [3.05, 3.63) is 24.3 Å². The quantitative estimate of drug-likeness (QED) is 0.527. The smallest absolute Gasteiger partial charge is 0.281 e. The number of carbonyl (C=O) groups is 1. The molecule has 0 aromatic heterocycles. The van der Waals surface area contributed by atoms with Gasteiger partial charge in [0.15, 0.2) is 0 Å². The van der Waals surface area contributed by atoms with Gasteiger partial charge in [-0.25, -0.2) is 0 Å². The molecule has 7 nitrogen and oxygen atoms in total. The van der Waals surface area contributed by atoms with E-state index < -0.39 is 10.2 Å². The van der Waals surface area contributed by atoms with E-state index in [1.165, 1.54) is 22.7 Å². The van der Waals surface area contributed by atoms with E-state index >= 15 is 0 Å². The van der Waals surface area contributed by atoms with Crippen LogP contribution in [0.25, 0.3) is 0 Å². The standard InChI is InChI=1S/C17H27N3O4S2/c1-19(2)26(22,23)20-11-8-14(9-12-20)17(21)18-10-13-25-16-6-4-15(24-3)5-7-16/h4-7,14H,8-13H2,1-3H3,(H,18,21). The Balaban J connectivity index is 1.69. The average molecular weight is 402 g/mol. The van der Waals surface area contributed by atoms with Crippen molar-refractivity contribution in [3.8, 4) is 5.75 Å². The van der Waals surface area contributed by atoms with Crippen molar-refractivity contribution in [2.45, 2.75) is 17.7 Å². The number of carbonyl (C=O) groups excluding carboxylic acids is 1. The molecule has 1 aliphatic rings. The lowest BCUT2D eigenvalue weighted by molar-refractivity contribution is -0.125. The van der Waals surface area contributed by atoms with Crippen LogP contribution >= 0.6 is 11.8 Å². The molecule has 1 fully saturated rings. The number of hydrogen-bond acceptors (Lipinski definition) is 5. The van der Waals surface area contributed by atoms with Gasteiger partial charge >= 0.3 is 0 Å². The van der Waals surface area contributed by atoms with Gasteiger partial charge in [-0.15, -0.1) is 11.8 Å². The van der Waals surface area contributed by atoms with Gasteiger partial charge in [-0.05, 0) is 37.1 Å². The third-order valence-corrected chi connectivity index (χ3v) is 7.30. The van der Waals surface area contributed by atoms with Crippen LogP contribution in [0.4, 0.5) is 0 Å². The Labute approximate surface area is 160 Å². The molecule has 0 bridgehead atoms. The number of amides is 1. The summed E-state index contributed by atoms with van der Waals surface area (Å²) in [6.45, 7) is 1.37. The summed E-state index contributed by atoms with van der Waals surface area (Å²) < 4.78 is 32.0. The van der Waals surface area contributed by atoms with E-state index in [0.29, 0.717) is 32.5 Å². The molecular formula is C17H27N3O4S2. The first kappa shape index (κ1) is 21.0. The number of piperidine rings is 1. The van der Waals surface area contributed by atoms with Crippen LogP contribution in [-0.2, 0) is 15.0 Å². The maximum Gasteiger partial charge on any atom is 0.281 e. The Hall–Kier alpha value is -1.29. The molecule has 1 N–H and O–H groups in total. The fourth-order valence-electron chi connectivity index (χ4n) is 2.74. The highest BCUT2D eigenvalue weighted by atomic mass is 32.2. The Morgan fingerprint density at radius 2 is 1.88 bits per heavy atom. The summed E-state index contributed by atoms with van der Waals surface area (Å²) in [6.07, 6.45) is 1.12. The number of ether oxygens (including phenoxy) is 1. The second-order valence-corrected chi connectivity index (χ2v) is 9.59. The van der Waals surface area contributed by atoms with E-state index in [4.69, 9.17) is 4.74 Å². The first-order chi connectivity index (χ1) is 12.3. The number of nitrogens with zero attached hydrogens (tertiary/aromatic N) is 2. The fourth-order valence-corrected chi connectivity index (χ4v) is 4.64. The maximum absolute atomic E-state index is 12.3. The molecule has 0 saturated carbocycles. The lowest BCUT2D eigenvalue weighted by atomic mass is 9.97. The van der Waals surface area contributed by atoms with E-state index in [1.807, 2.05) is 24.3 Å². The van der Waals surface area contributed by atoms with Gasteiger partial charge in [0.2, 0.25) is 5.91 Å². The van der Waals surface area contributed by atoms with Crippen molar-refractivity contribution >= 4 is 27.9 Å². The van der Waals surface area contributed by atoms with Crippen LogP contribution in [0.3, 0.4) is 0 Å². The van der Waals surface area contributed by atoms with E-state index in [9.17, 15) is 13.2 Å². The molecule has 9 heteroatoms. The van der Waals surface area contributed by atoms with E-state index in [0.717, 1.165) is 16.4 Å². The predicted octanol–water partition coefficient (Wildman–Crippen LogP) is 1.42. The van der Waals surface area contributed by atoms with Gasteiger partial charge in [0.25, 0.3) is 10.2 Å². The van der Waals surface area contributed by atoms with E-state index in [2.05, 4.69) is 5.32 Å². The minimum absolute atomic E-state index is 0.0160.